The molecule has 8 heteroatoms. The number of aromatic hydroxyl groups is 1. The molecule has 0 fully saturated rings. The third-order valence-electron chi connectivity index (χ3n) is 4.45. The molecule has 1 aliphatic carbocycles. The second-order valence-corrected chi connectivity index (χ2v) is 6.31. The van der Waals surface area contributed by atoms with Crippen molar-refractivity contribution in [3.05, 3.63) is 65.3 Å². The van der Waals surface area contributed by atoms with Gasteiger partial charge < -0.3 is 24.4 Å². The Hall–Kier alpha value is -3.23. The first-order chi connectivity index (χ1) is 14.3. The number of ketones is 1. The van der Waals surface area contributed by atoms with E-state index in [1.165, 1.54) is 49.6 Å². The monoisotopic (exact) mass is 416 g/mol. The van der Waals surface area contributed by atoms with Gasteiger partial charge in [-0.1, -0.05) is 12.1 Å². The number of benzene rings is 1. The Bertz CT molecular complexity index is 911. The van der Waals surface area contributed by atoms with Crippen LogP contribution in [-0.4, -0.2) is 60.0 Å². The number of allylic oxidation sites excluding steroid dienone is 1. The number of aliphatic hydroxyl groups is 1. The lowest BCUT2D eigenvalue weighted by Gasteiger charge is -2.36. The molecular weight excluding hydrogens is 392 g/mol. The minimum atomic E-state index is -1.77. The minimum absolute atomic E-state index is 0.0345. The summed E-state index contributed by atoms with van der Waals surface area (Å²) in [5, 5.41) is 20.3. The van der Waals surface area contributed by atoms with Crippen LogP contribution in [0.2, 0.25) is 0 Å². The SMILES string of the molecule is CCOC(=O)C1=CC(O)C(C=CC(=O)c2cccc(O)c2)(OC)C(C(=O)OCC)=C1. The molecule has 2 N–H and O–H groups in total. The molecule has 0 heterocycles. The van der Waals surface area contributed by atoms with Crippen molar-refractivity contribution < 1.29 is 38.8 Å². The summed E-state index contributed by atoms with van der Waals surface area (Å²) >= 11 is 0. The van der Waals surface area contributed by atoms with E-state index in [0.29, 0.717) is 0 Å². The Balaban J connectivity index is 2.48. The van der Waals surface area contributed by atoms with Crippen molar-refractivity contribution in [2.45, 2.75) is 25.6 Å². The number of hydrogen-bond donors (Lipinski definition) is 2. The maximum Gasteiger partial charge on any atom is 0.337 e. The average molecular weight is 416 g/mol. The molecule has 0 radical (unpaired) electrons. The van der Waals surface area contributed by atoms with Crippen molar-refractivity contribution in [1.82, 2.24) is 0 Å². The molecule has 1 aromatic carbocycles. The Morgan fingerprint density at radius 1 is 1.13 bits per heavy atom. The zero-order chi connectivity index (χ0) is 22.3. The Morgan fingerprint density at radius 3 is 2.40 bits per heavy atom. The molecule has 2 rings (SSSR count). The largest absolute Gasteiger partial charge is 0.508 e. The summed E-state index contributed by atoms with van der Waals surface area (Å²) in [5.41, 5.74) is -1.76. The van der Waals surface area contributed by atoms with Gasteiger partial charge in [-0.25, -0.2) is 9.59 Å². The average Bonchev–Trinajstić information content (AvgIpc) is 2.72. The molecule has 0 spiro atoms. The van der Waals surface area contributed by atoms with E-state index in [4.69, 9.17) is 14.2 Å². The van der Waals surface area contributed by atoms with Crippen LogP contribution in [0.4, 0.5) is 0 Å². The molecule has 2 unspecified atom stereocenters. The van der Waals surface area contributed by atoms with Crippen LogP contribution in [0, 0.1) is 0 Å². The van der Waals surface area contributed by atoms with E-state index in [1.54, 1.807) is 13.8 Å². The highest BCUT2D eigenvalue weighted by molar-refractivity contribution is 6.05. The molecule has 30 heavy (non-hydrogen) atoms. The summed E-state index contributed by atoms with van der Waals surface area (Å²) < 4.78 is 15.5. The number of carbonyl (C=O) groups excluding carboxylic acids is 3. The quantitative estimate of drug-likeness (QED) is 0.374. The summed E-state index contributed by atoms with van der Waals surface area (Å²) in [6, 6.07) is 5.72. The molecule has 160 valence electrons. The first-order valence-electron chi connectivity index (χ1n) is 9.33. The number of phenols is 1. The van der Waals surface area contributed by atoms with Crippen LogP contribution in [-0.2, 0) is 23.8 Å². The lowest BCUT2D eigenvalue weighted by atomic mass is 9.80. The van der Waals surface area contributed by atoms with Crippen molar-refractivity contribution in [3.8, 4) is 5.75 Å². The van der Waals surface area contributed by atoms with Gasteiger partial charge >= 0.3 is 11.9 Å². The van der Waals surface area contributed by atoms with Gasteiger partial charge in [0.25, 0.3) is 0 Å². The molecule has 0 saturated heterocycles. The van der Waals surface area contributed by atoms with Gasteiger partial charge in [-0.3, -0.25) is 4.79 Å². The second kappa shape index (κ2) is 10.00. The summed E-state index contributed by atoms with van der Waals surface area (Å²) in [6.07, 6.45) is 3.27. The van der Waals surface area contributed by atoms with Crippen LogP contribution in [0.15, 0.2) is 59.7 Å². The fourth-order valence-corrected chi connectivity index (χ4v) is 2.98. The van der Waals surface area contributed by atoms with E-state index in [0.717, 1.165) is 6.08 Å². The van der Waals surface area contributed by atoms with Gasteiger partial charge in [-0.15, -0.1) is 0 Å². The van der Waals surface area contributed by atoms with E-state index in [-0.39, 0.29) is 35.7 Å². The van der Waals surface area contributed by atoms with Crippen molar-refractivity contribution in [1.29, 1.82) is 0 Å². The molecular formula is C22H24O8. The number of methoxy groups -OCH3 is 1. The van der Waals surface area contributed by atoms with Crippen molar-refractivity contribution >= 4 is 17.7 Å². The van der Waals surface area contributed by atoms with Crippen molar-refractivity contribution in [2.24, 2.45) is 0 Å². The second-order valence-electron chi connectivity index (χ2n) is 6.31. The van der Waals surface area contributed by atoms with Gasteiger partial charge in [0, 0.05) is 12.7 Å². The van der Waals surface area contributed by atoms with Crippen LogP contribution in [0.5, 0.6) is 5.75 Å². The number of phenolic OH excluding ortho intramolecular Hbond substituents is 1. The van der Waals surface area contributed by atoms with E-state index < -0.39 is 29.4 Å². The third-order valence-corrected chi connectivity index (χ3v) is 4.45. The molecule has 0 amide bonds. The molecule has 8 nitrogen and oxygen atoms in total. The standard InChI is InChI=1S/C22H24O8/c1-4-29-20(26)15-12-17(21(27)30-5-2)22(28-3,19(25)13-15)10-9-18(24)14-7-6-8-16(23)11-14/h6-13,19,23,25H,4-5H2,1-3H3. The zero-order valence-electron chi connectivity index (χ0n) is 17.0. The Labute approximate surface area is 174 Å². The minimum Gasteiger partial charge on any atom is -0.508 e. The molecule has 0 aliphatic heterocycles. The molecule has 0 saturated carbocycles. The Morgan fingerprint density at radius 2 is 1.80 bits per heavy atom. The normalized spacial score (nSPS) is 21.0. The summed E-state index contributed by atoms with van der Waals surface area (Å²) in [6.45, 7) is 3.40. The maximum absolute atomic E-state index is 12.6. The van der Waals surface area contributed by atoms with E-state index in [2.05, 4.69) is 0 Å². The fourth-order valence-electron chi connectivity index (χ4n) is 2.98. The smallest absolute Gasteiger partial charge is 0.337 e. The molecule has 1 aromatic rings. The number of carbonyl (C=O) groups is 3. The maximum atomic E-state index is 12.6. The van der Waals surface area contributed by atoms with Crippen LogP contribution < -0.4 is 0 Å². The van der Waals surface area contributed by atoms with Crippen LogP contribution in [0.25, 0.3) is 0 Å². The number of aliphatic hydroxyl groups excluding tert-OH is 1. The highest BCUT2D eigenvalue weighted by atomic mass is 16.5. The molecule has 1 aliphatic rings. The number of ether oxygens (including phenoxy) is 3. The van der Waals surface area contributed by atoms with Gasteiger partial charge in [-0.2, -0.15) is 0 Å². The van der Waals surface area contributed by atoms with Gasteiger partial charge in [0.15, 0.2) is 5.78 Å². The van der Waals surface area contributed by atoms with E-state index >= 15 is 0 Å². The zero-order valence-corrected chi connectivity index (χ0v) is 17.0. The number of esters is 2. The lowest BCUT2D eigenvalue weighted by molar-refractivity contribution is -0.142. The molecule has 0 aromatic heterocycles. The summed E-state index contributed by atoms with van der Waals surface area (Å²) in [5.74, 6) is -2.11. The first-order valence-corrected chi connectivity index (χ1v) is 9.33. The number of hydrogen-bond acceptors (Lipinski definition) is 8. The van der Waals surface area contributed by atoms with Crippen LogP contribution >= 0.6 is 0 Å². The summed E-state index contributed by atoms with van der Waals surface area (Å²) in [7, 11) is 1.25. The van der Waals surface area contributed by atoms with Crippen molar-refractivity contribution in [2.75, 3.05) is 20.3 Å². The highest BCUT2D eigenvalue weighted by Crippen LogP contribution is 2.35. The van der Waals surface area contributed by atoms with E-state index in [1.807, 2.05) is 0 Å². The van der Waals surface area contributed by atoms with Gasteiger partial charge in [0.1, 0.15) is 17.5 Å². The predicted octanol–water partition coefficient (Wildman–Crippen LogP) is 1.87. The fraction of sp³-hybridized carbons (Fsp3) is 0.318. The lowest BCUT2D eigenvalue weighted by Crippen LogP contribution is -2.48. The summed E-state index contributed by atoms with van der Waals surface area (Å²) in [4.78, 5) is 37.2. The van der Waals surface area contributed by atoms with Gasteiger partial charge in [0.05, 0.1) is 24.4 Å². The first kappa shape index (κ1) is 23.1. The van der Waals surface area contributed by atoms with E-state index in [9.17, 15) is 24.6 Å². The molecule has 0 bridgehead atoms. The van der Waals surface area contributed by atoms with Crippen LogP contribution in [0.1, 0.15) is 24.2 Å². The molecule has 2 atom stereocenters. The predicted molar refractivity (Wildman–Crippen MR) is 107 cm³/mol. The van der Waals surface area contributed by atoms with Crippen LogP contribution in [0.3, 0.4) is 0 Å². The topological polar surface area (TPSA) is 119 Å². The van der Waals surface area contributed by atoms with Gasteiger partial charge in [-0.05, 0) is 50.3 Å². The third kappa shape index (κ3) is 4.84. The van der Waals surface area contributed by atoms with Crippen molar-refractivity contribution in [3.63, 3.8) is 0 Å². The Kier molecular flexibility index (Phi) is 7.68. The highest BCUT2D eigenvalue weighted by Gasteiger charge is 2.46. The van der Waals surface area contributed by atoms with Gasteiger partial charge in [0.2, 0.25) is 0 Å². The number of rotatable bonds is 8.